The van der Waals surface area contributed by atoms with E-state index < -0.39 is 0 Å². The van der Waals surface area contributed by atoms with Crippen molar-refractivity contribution >= 4 is 11.6 Å². The van der Waals surface area contributed by atoms with E-state index in [1.165, 1.54) is 0 Å². The predicted molar refractivity (Wildman–Crippen MR) is 53.9 cm³/mol. The highest BCUT2D eigenvalue weighted by Gasteiger charge is 2.14. The van der Waals surface area contributed by atoms with Crippen molar-refractivity contribution in [1.29, 1.82) is 0 Å². The zero-order valence-electron chi connectivity index (χ0n) is 8.32. The standard InChI is InChI=1S/C9H20ClNO/c1-4-12-8-7-11-9(2,3)5-6-10/h11H,4-8H2,1-3H3. The maximum Gasteiger partial charge on any atom is 0.0590 e. The molecule has 0 aromatic heterocycles. The van der Waals surface area contributed by atoms with Gasteiger partial charge in [0.1, 0.15) is 0 Å². The molecule has 0 aliphatic carbocycles. The molecule has 0 spiro atoms. The SMILES string of the molecule is CCOCCNC(C)(C)CCCl. The average molecular weight is 194 g/mol. The van der Waals surface area contributed by atoms with E-state index in [0.717, 1.165) is 26.2 Å². The van der Waals surface area contributed by atoms with Crippen LogP contribution in [0.1, 0.15) is 27.2 Å². The maximum atomic E-state index is 5.65. The third-order valence-corrected chi connectivity index (χ3v) is 1.96. The Labute approximate surface area is 80.6 Å². The van der Waals surface area contributed by atoms with E-state index >= 15 is 0 Å². The van der Waals surface area contributed by atoms with Gasteiger partial charge in [-0.05, 0) is 27.2 Å². The van der Waals surface area contributed by atoms with Crippen LogP contribution in [0.2, 0.25) is 0 Å². The topological polar surface area (TPSA) is 21.3 Å². The van der Waals surface area contributed by atoms with Crippen LogP contribution >= 0.6 is 11.6 Å². The third kappa shape index (κ3) is 6.89. The summed E-state index contributed by atoms with van der Waals surface area (Å²) in [6, 6.07) is 0. The first-order chi connectivity index (χ1) is 5.62. The molecule has 0 rings (SSSR count). The monoisotopic (exact) mass is 193 g/mol. The molecular weight excluding hydrogens is 174 g/mol. The van der Waals surface area contributed by atoms with E-state index in [0.29, 0.717) is 5.88 Å². The van der Waals surface area contributed by atoms with Gasteiger partial charge in [-0.1, -0.05) is 0 Å². The number of nitrogens with one attached hydrogen (secondary N) is 1. The molecule has 0 amide bonds. The minimum absolute atomic E-state index is 0.138. The van der Waals surface area contributed by atoms with Gasteiger partial charge in [-0.2, -0.15) is 0 Å². The molecule has 0 saturated carbocycles. The van der Waals surface area contributed by atoms with Gasteiger partial charge in [0.05, 0.1) is 6.61 Å². The van der Waals surface area contributed by atoms with Crippen LogP contribution in [0.3, 0.4) is 0 Å². The first-order valence-electron chi connectivity index (χ1n) is 4.51. The second kappa shape index (κ2) is 6.70. The molecule has 0 aromatic rings. The molecule has 0 bridgehead atoms. The van der Waals surface area contributed by atoms with E-state index in [2.05, 4.69) is 19.2 Å². The van der Waals surface area contributed by atoms with Crippen molar-refractivity contribution in [2.45, 2.75) is 32.7 Å². The van der Waals surface area contributed by atoms with Gasteiger partial charge in [-0.3, -0.25) is 0 Å². The Balaban J connectivity index is 3.33. The van der Waals surface area contributed by atoms with Gasteiger partial charge in [-0.25, -0.2) is 0 Å². The molecule has 0 heterocycles. The summed E-state index contributed by atoms with van der Waals surface area (Å²) in [5, 5.41) is 3.39. The molecule has 1 N–H and O–H groups in total. The van der Waals surface area contributed by atoms with Crippen molar-refractivity contribution in [3.8, 4) is 0 Å². The van der Waals surface area contributed by atoms with E-state index in [-0.39, 0.29) is 5.54 Å². The molecule has 0 fully saturated rings. The van der Waals surface area contributed by atoms with E-state index in [4.69, 9.17) is 16.3 Å². The number of hydrogen-bond acceptors (Lipinski definition) is 2. The highest BCUT2D eigenvalue weighted by Crippen LogP contribution is 2.08. The van der Waals surface area contributed by atoms with Crippen LogP contribution in [0.15, 0.2) is 0 Å². The Morgan fingerprint density at radius 2 is 2.08 bits per heavy atom. The highest BCUT2D eigenvalue weighted by molar-refractivity contribution is 6.17. The van der Waals surface area contributed by atoms with Gasteiger partial charge in [-0.15, -0.1) is 11.6 Å². The lowest BCUT2D eigenvalue weighted by Gasteiger charge is -2.25. The minimum atomic E-state index is 0.138. The molecule has 0 aliphatic heterocycles. The number of ether oxygens (including phenoxy) is 1. The lowest BCUT2D eigenvalue weighted by molar-refractivity contribution is 0.142. The van der Waals surface area contributed by atoms with Gasteiger partial charge >= 0.3 is 0 Å². The Morgan fingerprint density at radius 1 is 1.42 bits per heavy atom. The fraction of sp³-hybridized carbons (Fsp3) is 1.00. The van der Waals surface area contributed by atoms with Crippen LogP contribution in [-0.2, 0) is 4.74 Å². The molecule has 74 valence electrons. The summed E-state index contributed by atoms with van der Waals surface area (Å²) in [5.74, 6) is 0.703. The zero-order valence-corrected chi connectivity index (χ0v) is 9.08. The zero-order chi connectivity index (χ0) is 9.45. The summed E-state index contributed by atoms with van der Waals surface area (Å²) in [6.45, 7) is 8.78. The first kappa shape index (κ1) is 12.2. The number of halogens is 1. The van der Waals surface area contributed by atoms with E-state index in [1.807, 2.05) is 6.92 Å². The van der Waals surface area contributed by atoms with Crippen molar-refractivity contribution in [3.63, 3.8) is 0 Å². The molecule has 3 heteroatoms. The molecule has 0 aliphatic rings. The van der Waals surface area contributed by atoms with Crippen molar-refractivity contribution in [3.05, 3.63) is 0 Å². The lowest BCUT2D eigenvalue weighted by Crippen LogP contribution is -2.41. The van der Waals surface area contributed by atoms with Crippen molar-refractivity contribution in [2.24, 2.45) is 0 Å². The van der Waals surface area contributed by atoms with Gasteiger partial charge in [0.15, 0.2) is 0 Å². The molecule has 0 unspecified atom stereocenters. The Hall–Kier alpha value is 0.210. The molecular formula is C9H20ClNO. The minimum Gasteiger partial charge on any atom is -0.380 e. The molecule has 2 nitrogen and oxygen atoms in total. The number of hydrogen-bond donors (Lipinski definition) is 1. The molecule has 12 heavy (non-hydrogen) atoms. The smallest absolute Gasteiger partial charge is 0.0590 e. The normalized spacial score (nSPS) is 12.0. The maximum absolute atomic E-state index is 5.65. The molecule has 0 radical (unpaired) electrons. The van der Waals surface area contributed by atoms with Gasteiger partial charge in [0.25, 0.3) is 0 Å². The summed E-state index contributed by atoms with van der Waals surface area (Å²) >= 11 is 5.65. The fourth-order valence-corrected chi connectivity index (χ4v) is 1.40. The Kier molecular flexibility index (Phi) is 6.81. The van der Waals surface area contributed by atoms with Gasteiger partial charge in [0, 0.05) is 24.6 Å². The van der Waals surface area contributed by atoms with Gasteiger partial charge in [0.2, 0.25) is 0 Å². The molecule has 0 atom stereocenters. The van der Waals surface area contributed by atoms with Crippen LogP contribution in [0.25, 0.3) is 0 Å². The second-order valence-corrected chi connectivity index (χ2v) is 3.82. The summed E-state index contributed by atoms with van der Waals surface area (Å²) < 4.78 is 5.21. The molecule has 0 aromatic carbocycles. The number of alkyl halides is 1. The van der Waals surface area contributed by atoms with Crippen molar-refractivity contribution in [1.82, 2.24) is 5.32 Å². The van der Waals surface area contributed by atoms with Crippen LogP contribution in [0, 0.1) is 0 Å². The summed E-state index contributed by atoms with van der Waals surface area (Å²) in [7, 11) is 0. The van der Waals surface area contributed by atoms with Crippen LogP contribution in [0.4, 0.5) is 0 Å². The fourth-order valence-electron chi connectivity index (χ4n) is 0.931. The van der Waals surface area contributed by atoms with Crippen LogP contribution in [-0.4, -0.2) is 31.2 Å². The Morgan fingerprint density at radius 3 is 2.58 bits per heavy atom. The van der Waals surface area contributed by atoms with Crippen molar-refractivity contribution in [2.75, 3.05) is 25.6 Å². The predicted octanol–water partition coefficient (Wildman–Crippen LogP) is 2.02. The number of rotatable bonds is 7. The third-order valence-electron chi connectivity index (χ3n) is 1.77. The first-order valence-corrected chi connectivity index (χ1v) is 5.04. The summed E-state index contributed by atoms with van der Waals surface area (Å²) in [5.41, 5.74) is 0.138. The summed E-state index contributed by atoms with van der Waals surface area (Å²) in [6.07, 6.45) is 0.987. The van der Waals surface area contributed by atoms with Crippen LogP contribution in [0.5, 0.6) is 0 Å². The average Bonchev–Trinajstić information content (AvgIpc) is 1.98. The van der Waals surface area contributed by atoms with E-state index in [9.17, 15) is 0 Å². The summed E-state index contributed by atoms with van der Waals surface area (Å²) in [4.78, 5) is 0. The second-order valence-electron chi connectivity index (χ2n) is 3.45. The highest BCUT2D eigenvalue weighted by atomic mass is 35.5. The van der Waals surface area contributed by atoms with Crippen molar-refractivity contribution < 1.29 is 4.74 Å². The Bertz CT molecular complexity index is 107. The largest absolute Gasteiger partial charge is 0.380 e. The van der Waals surface area contributed by atoms with E-state index in [1.54, 1.807) is 0 Å². The van der Waals surface area contributed by atoms with Gasteiger partial charge < -0.3 is 10.1 Å². The molecule has 0 saturated heterocycles. The quantitative estimate of drug-likeness (QED) is 0.494. The lowest BCUT2D eigenvalue weighted by atomic mass is 10.0. The van der Waals surface area contributed by atoms with Crippen LogP contribution < -0.4 is 5.32 Å².